The summed E-state index contributed by atoms with van der Waals surface area (Å²) in [6.07, 6.45) is 4.78. The number of hydrogen-bond acceptors (Lipinski definition) is 2. The minimum Gasteiger partial charge on any atom is -0.356 e. The zero-order valence-electron chi connectivity index (χ0n) is 5.17. The summed E-state index contributed by atoms with van der Waals surface area (Å²) in [6, 6.07) is 0. The predicted molar refractivity (Wildman–Crippen MR) is 40.9 cm³/mol. The Labute approximate surface area is 62.7 Å². The van der Waals surface area contributed by atoms with Crippen molar-refractivity contribution in [3.05, 3.63) is 12.2 Å². The van der Waals surface area contributed by atoms with Gasteiger partial charge in [0.2, 0.25) is 0 Å². The van der Waals surface area contributed by atoms with Gasteiger partial charge in [0.05, 0.1) is 4.62 Å². The van der Waals surface area contributed by atoms with E-state index in [0.717, 1.165) is 11.0 Å². The molecule has 0 saturated heterocycles. The van der Waals surface area contributed by atoms with E-state index in [2.05, 4.69) is 20.9 Å². The minimum atomic E-state index is -0.0758. The van der Waals surface area contributed by atoms with Crippen molar-refractivity contribution in [2.45, 2.75) is 12.6 Å². The van der Waals surface area contributed by atoms with Gasteiger partial charge in [0.15, 0.2) is 6.23 Å². The molecule has 0 bridgehead atoms. The van der Waals surface area contributed by atoms with Crippen molar-refractivity contribution in [1.82, 2.24) is 0 Å². The van der Waals surface area contributed by atoms with Crippen LogP contribution in [-0.2, 0) is 4.74 Å². The molecule has 0 fully saturated rings. The van der Waals surface area contributed by atoms with E-state index in [4.69, 9.17) is 4.74 Å². The van der Waals surface area contributed by atoms with Crippen LogP contribution in [0.3, 0.4) is 0 Å². The molecular weight excluding hydrogens is 182 g/mol. The van der Waals surface area contributed by atoms with Crippen molar-refractivity contribution in [1.29, 1.82) is 0 Å². The topological polar surface area (TPSA) is 21.6 Å². The summed E-state index contributed by atoms with van der Waals surface area (Å²) in [5.41, 5.74) is 0. The molecule has 0 aromatic rings. The van der Waals surface area contributed by atoms with Crippen molar-refractivity contribution in [3.8, 4) is 0 Å². The molecule has 1 atom stereocenters. The first kappa shape index (κ1) is 6.96. The van der Waals surface area contributed by atoms with E-state index in [1.54, 1.807) is 7.11 Å². The molecule has 0 radical (unpaired) electrons. The molecule has 0 aromatic heterocycles. The minimum absolute atomic E-state index is 0.0758. The van der Waals surface area contributed by atoms with Gasteiger partial charge in [-0.15, -0.1) is 0 Å². The second-order valence-corrected chi connectivity index (χ2v) is 2.68. The zero-order chi connectivity index (χ0) is 6.69. The normalized spacial score (nSPS) is 26.0. The lowest BCUT2D eigenvalue weighted by molar-refractivity contribution is 0.148. The highest BCUT2D eigenvalue weighted by Gasteiger charge is 2.04. The van der Waals surface area contributed by atoms with Crippen LogP contribution in [0, 0.1) is 0 Å². The highest BCUT2D eigenvalue weighted by molar-refractivity contribution is 9.18. The van der Waals surface area contributed by atoms with Gasteiger partial charge in [0, 0.05) is 13.5 Å². The molecule has 0 spiro atoms. The average Bonchev–Trinajstić information content (AvgIpc) is 1.88. The summed E-state index contributed by atoms with van der Waals surface area (Å²) in [7, 11) is 1.64. The summed E-state index contributed by atoms with van der Waals surface area (Å²) in [4.78, 5) is 4.12. The maximum absolute atomic E-state index is 4.96. The predicted octanol–water partition coefficient (Wildman–Crippen LogP) is 1.71. The molecule has 0 N–H and O–H groups in total. The number of halogens is 1. The summed E-state index contributed by atoms with van der Waals surface area (Å²) in [5, 5.41) is 0. The van der Waals surface area contributed by atoms with Crippen LogP contribution in [0.15, 0.2) is 17.1 Å². The van der Waals surface area contributed by atoms with Gasteiger partial charge in [-0.05, 0) is 22.0 Å². The number of rotatable bonds is 1. The molecule has 0 aliphatic carbocycles. The highest BCUT2D eigenvalue weighted by atomic mass is 79.9. The highest BCUT2D eigenvalue weighted by Crippen LogP contribution is 2.09. The number of nitrogens with zero attached hydrogens (tertiary/aromatic N) is 1. The Morgan fingerprint density at radius 1 is 1.89 bits per heavy atom. The van der Waals surface area contributed by atoms with Crippen molar-refractivity contribution in [3.63, 3.8) is 0 Å². The van der Waals surface area contributed by atoms with Gasteiger partial charge < -0.3 is 4.74 Å². The molecule has 1 heterocycles. The molecule has 3 heteroatoms. The van der Waals surface area contributed by atoms with Crippen LogP contribution in [0.4, 0.5) is 0 Å². The van der Waals surface area contributed by atoms with Gasteiger partial charge in [0.1, 0.15) is 0 Å². The van der Waals surface area contributed by atoms with E-state index in [1.165, 1.54) is 0 Å². The molecule has 2 nitrogen and oxygen atoms in total. The second kappa shape index (κ2) is 3.13. The molecule has 1 aliphatic rings. The van der Waals surface area contributed by atoms with Gasteiger partial charge in [-0.3, -0.25) is 0 Å². The van der Waals surface area contributed by atoms with Gasteiger partial charge in [-0.1, -0.05) is 6.08 Å². The van der Waals surface area contributed by atoms with Crippen molar-refractivity contribution in [2.24, 2.45) is 4.99 Å². The number of hydrogen-bond donors (Lipinski definition) is 0. The van der Waals surface area contributed by atoms with E-state index in [0.29, 0.717) is 0 Å². The molecule has 0 amide bonds. The fourth-order valence-corrected chi connectivity index (χ4v) is 1.04. The first-order valence-corrected chi connectivity index (χ1v) is 3.54. The lowest BCUT2D eigenvalue weighted by Crippen LogP contribution is -2.08. The fraction of sp³-hybridized carbons (Fsp3) is 0.500. The summed E-state index contributed by atoms with van der Waals surface area (Å²) in [5.74, 6) is 0. The van der Waals surface area contributed by atoms with Gasteiger partial charge in [0.25, 0.3) is 0 Å². The van der Waals surface area contributed by atoms with Crippen LogP contribution in [0.2, 0.25) is 0 Å². The van der Waals surface area contributed by atoms with Crippen LogP contribution in [-0.4, -0.2) is 18.0 Å². The maximum atomic E-state index is 4.96. The van der Waals surface area contributed by atoms with Gasteiger partial charge in [-0.2, -0.15) is 0 Å². The lowest BCUT2D eigenvalue weighted by Gasteiger charge is -2.09. The van der Waals surface area contributed by atoms with E-state index in [-0.39, 0.29) is 6.23 Å². The lowest BCUT2D eigenvalue weighted by atomic mass is 10.3. The van der Waals surface area contributed by atoms with Crippen molar-refractivity contribution < 1.29 is 4.74 Å². The molecule has 0 aromatic carbocycles. The van der Waals surface area contributed by atoms with Crippen molar-refractivity contribution >= 4 is 20.6 Å². The van der Waals surface area contributed by atoms with Crippen LogP contribution in [0.5, 0.6) is 0 Å². The summed E-state index contributed by atoms with van der Waals surface area (Å²) >= 11 is 3.29. The maximum Gasteiger partial charge on any atom is 0.167 e. The van der Waals surface area contributed by atoms with Crippen molar-refractivity contribution in [2.75, 3.05) is 7.11 Å². The van der Waals surface area contributed by atoms with E-state index >= 15 is 0 Å². The largest absolute Gasteiger partial charge is 0.356 e. The van der Waals surface area contributed by atoms with Crippen LogP contribution in [0.1, 0.15) is 6.42 Å². The third-order valence-corrected chi connectivity index (χ3v) is 1.62. The van der Waals surface area contributed by atoms with E-state index in [9.17, 15) is 0 Å². The zero-order valence-corrected chi connectivity index (χ0v) is 6.76. The Hall–Kier alpha value is -0.150. The number of aliphatic imine (C=N–C) groups is 1. The monoisotopic (exact) mass is 189 g/mol. The van der Waals surface area contributed by atoms with Crippen LogP contribution < -0.4 is 0 Å². The molecule has 1 aliphatic heterocycles. The van der Waals surface area contributed by atoms with E-state index in [1.807, 2.05) is 12.2 Å². The van der Waals surface area contributed by atoms with Gasteiger partial charge >= 0.3 is 0 Å². The van der Waals surface area contributed by atoms with E-state index < -0.39 is 0 Å². The molecule has 9 heavy (non-hydrogen) atoms. The van der Waals surface area contributed by atoms with Crippen LogP contribution >= 0.6 is 15.9 Å². The SMILES string of the molecule is COC1C=CCC(Br)=N1. The van der Waals surface area contributed by atoms with Gasteiger partial charge in [-0.25, -0.2) is 4.99 Å². The third kappa shape index (κ3) is 1.91. The summed E-state index contributed by atoms with van der Waals surface area (Å²) < 4.78 is 5.91. The number of allylic oxidation sites excluding steroid dienone is 1. The molecule has 0 saturated carbocycles. The first-order valence-electron chi connectivity index (χ1n) is 2.74. The Bertz CT molecular complexity index is 153. The smallest absolute Gasteiger partial charge is 0.167 e. The molecule has 50 valence electrons. The first-order chi connectivity index (χ1) is 4.33. The standard InChI is InChI=1S/C6H8BrNO/c1-9-6-4-2-3-5(7)8-6/h2,4,6H,3H2,1H3. The molecular formula is C6H8BrNO. The average molecular weight is 190 g/mol. The Balaban J connectivity index is 2.55. The fourth-order valence-electron chi connectivity index (χ4n) is 0.647. The Morgan fingerprint density at radius 3 is 3.11 bits per heavy atom. The third-order valence-electron chi connectivity index (χ3n) is 1.10. The van der Waals surface area contributed by atoms with Crippen LogP contribution in [0.25, 0.3) is 0 Å². The summed E-state index contributed by atoms with van der Waals surface area (Å²) in [6.45, 7) is 0. The number of methoxy groups -OCH3 is 1. The Morgan fingerprint density at radius 2 is 2.67 bits per heavy atom. The number of ether oxygens (including phenoxy) is 1. The molecule has 1 unspecified atom stereocenters. The second-order valence-electron chi connectivity index (χ2n) is 1.76. The quantitative estimate of drug-likeness (QED) is 0.576. The molecule has 1 rings (SSSR count). The number of dihydropyridines is 1. The Kier molecular flexibility index (Phi) is 2.42.